The average Bonchev–Trinajstić information content (AvgIpc) is 2.89. The van der Waals surface area contributed by atoms with Crippen LogP contribution < -0.4 is 20.5 Å². The highest BCUT2D eigenvalue weighted by molar-refractivity contribution is 6.30. The molecule has 0 aromatic heterocycles. The molecule has 0 unspecified atom stereocenters. The molecule has 21 heavy (non-hydrogen) atoms. The summed E-state index contributed by atoms with van der Waals surface area (Å²) in [4.78, 5) is 12.2. The molecular formula is C14H10ClFN2O3. The molecule has 2 aromatic carbocycles. The Kier molecular flexibility index (Phi) is 3.31. The summed E-state index contributed by atoms with van der Waals surface area (Å²) in [5, 5.41) is 2.53. The van der Waals surface area contributed by atoms with Gasteiger partial charge in [-0.25, -0.2) is 4.39 Å². The smallest absolute Gasteiger partial charge is 0.257 e. The van der Waals surface area contributed by atoms with Crippen LogP contribution >= 0.6 is 11.6 Å². The summed E-state index contributed by atoms with van der Waals surface area (Å²) in [6, 6.07) is 6.98. The van der Waals surface area contributed by atoms with E-state index >= 15 is 0 Å². The van der Waals surface area contributed by atoms with Crippen LogP contribution in [0.4, 0.5) is 15.8 Å². The number of hydrogen-bond acceptors (Lipinski definition) is 4. The predicted octanol–water partition coefficient (Wildman–Crippen LogP) is 3.04. The Morgan fingerprint density at radius 1 is 1.24 bits per heavy atom. The van der Waals surface area contributed by atoms with E-state index in [-0.39, 0.29) is 28.8 Å². The molecule has 1 heterocycles. The molecule has 108 valence electrons. The number of rotatable bonds is 2. The molecular weight excluding hydrogens is 299 g/mol. The average molecular weight is 309 g/mol. The Balaban J connectivity index is 1.87. The highest BCUT2D eigenvalue weighted by Gasteiger charge is 2.20. The van der Waals surface area contributed by atoms with Gasteiger partial charge in [-0.05, 0) is 24.3 Å². The van der Waals surface area contributed by atoms with E-state index < -0.39 is 11.7 Å². The van der Waals surface area contributed by atoms with Crippen LogP contribution in [0.3, 0.4) is 0 Å². The maximum atomic E-state index is 13.3. The van der Waals surface area contributed by atoms with E-state index in [1.54, 1.807) is 0 Å². The number of carbonyl (C=O) groups excluding carboxylic acids is 1. The summed E-state index contributed by atoms with van der Waals surface area (Å²) in [5.41, 5.74) is 6.55. The number of nitrogens with one attached hydrogen (secondary N) is 1. The first-order valence-electron chi connectivity index (χ1n) is 6.00. The molecule has 7 heteroatoms. The number of fused-ring (bicyclic) bond motifs is 1. The van der Waals surface area contributed by atoms with E-state index in [2.05, 4.69) is 5.32 Å². The monoisotopic (exact) mass is 308 g/mol. The van der Waals surface area contributed by atoms with E-state index in [1.165, 1.54) is 24.3 Å². The lowest BCUT2D eigenvalue weighted by molar-refractivity contribution is 0.102. The first-order valence-corrected chi connectivity index (χ1v) is 6.38. The second kappa shape index (κ2) is 5.14. The summed E-state index contributed by atoms with van der Waals surface area (Å²) >= 11 is 5.59. The van der Waals surface area contributed by atoms with Crippen LogP contribution in [0.1, 0.15) is 10.4 Å². The third kappa shape index (κ3) is 2.57. The molecule has 2 aromatic rings. The predicted molar refractivity (Wildman–Crippen MR) is 76.3 cm³/mol. The number of benzene rings is 2. The Morgan fingerprint density at radius 2 is 1.95 bits per heavy atom. The standard InChI is InChI=1S/C14H10ClFN2O3/c15-9-2-1-7(3-10(9)16)18-14(19)8-4-12-13(5-11(8)17)21-6-20-12/h1-5H,6,17H2,(H,18,19). The van der Waals surface area contributed by atoms with Crippen molar-refractivity contribution in [3.8, 4) is 11.5 Å². The SMILES string of the molecule is Nc1cc2c(cc1C(=O)Nc1ccc(Cl)c(F)c1)OCO2. The van der Waals surface area contributed by atoms with Gasteiger partial charge in [-0.3, -0.25) is 4.79 Å². The van der Waals surface area contributed by atoms with Gasteiger partial charge in [0.25, 0.3) is 5.91 Å². The minimum Gasteiger partial charge on any atom is -0.454 e. The van der Waals surface area contributed by atoms with Gasteiger partial charge in [0.15, 0.2) is 11.5 Å². The van der Waals surface area contributed by atoms with Gasteiger partial charge in [-0.1, -0.05) is 11.6 Å². The molecule has 5 nitrogen and oxygen atoms in total. The quantitative estimate of drug-likeness (QED) is 0.836. The largest absolute Gasteiger partial charge is 0.454 e. The van der Waals surface area contributed by atoms with Gasteiger partial charge in [0, 0.05) is 17.4 Å². The highest BCUT2D eigenvalue weighted by atomic mass is 35.5. The van der Waals surface area contributed by atoms with Gasteiger partial charge in [0.1, 0.15) is 5.82 Å². The fourth-order valence-electron chi connectivity index (χ4n) is 1.93. The number of halogens is 2. The Bertz CT molecular complexity index is 736. The van der Waals surface area contributed by atoms with Crippen molar-refractivity contribution >= 4 is 28.9 Å². The van der Waals surface area contributed by atoms with E-state index in [0.29, 0.717) is 11.5 Å². The van der Waals surface area contributed by atoms with Gasteiger partial charge in [0.2, 0.25) is 6.79 Å². The molecule has 0 spiro atoms. The van der Waals surface area contributed by atoms with Gasteiger partial charge < -0.3 is 20.5 Å². The van der Waals surface area contributed by atoms with Crippen LogP contribution in [-0.4, -0.2) is 12.7 Å². The number of ether oxygens (including phenoxy) is 2. The lowest BCUT2D eigenvalue weighted by atomic mass is 10.1. The van der Waals surface area contributed by atoms with Crippen molar-refractivity contribution in [1.29, 1.82) is 0 Å². The molecule has 1 aliphatic heterocycles. The molecule has 0 fully saturated rings. The lowest BCUT2D eigenvalue weighted by Crippen LogP contribution is -2.14. The van der Waals surface area contributed by atoms with Crippen LogP contribution in [-0.2, 0) is 0 Å². The van der Waals surface area contributed by atoms with Crippen molar-refractivity contribution in [3.63, 3.8) is 0 Å². The van der Waals surface area contributed by atoms with E-state index in [0.717, 1.165) is 6.07 Å². The van der Waals surface area contributed by atoms with Crippen LogP contribution in [0, 0.1) is 5.82 Å². The molecule has 0 atom stereocenters. The third-order valence-electron chi connectivity index (χ3n) is 2.97. The normalized spacial score (nSPS) is 12.3. The highest BCUT2D eigenvalue weighted by Crippen LogP contribution is 2.36. The molecule has 1 aliphatic rings. The number of amides is 1. The Labute approximate surface area is 124 Å². The third-order valence-corrected chi connectivity index (χ3v) is 3.27. The minimum absolute atomic E-state index is 0.0180. The van der Waals surface area contributed by atoms with Crippen molar-refractivity contribution in [2.75, 3.05) is 17.8 Å². The van der Waals surface area contributed by atoms with Gasteiger partial charge >= 0.3 is 0 Å². The minimum atomic E-state index is -0.617. The van der Waals surface area contributed by atoms with Crippen LogP contribution in [0.5, 0.6) is 11.5 Å². The van der Waals surface area contributed by atoms with Crippen molar-refractivity contribution in [3.05, 3.63) is 46.7 Å². The van der Waals surface area contributed by atoms with Crippen molar-refractivity contribution in [1.82, 2.24) is 0 Å². The van der Waals surface area contributed by atoms with Crippen molar-refractivity contribution in [2.24, 2.45) is 0 Å². The van der Waals surface area contributed by atoms with E-state index in [9.17, 15) is 9.18 Å². The zero-order chi connectivity index (χ0) is 15.0. The van der Waals surface area contributed by atoms with Crippen LogP contribution in [0.2, 0.25) is 5.02 Å². The summed E-state index contributed by atoms with van der Waals surface area (Å²) in [6.07, 6.45) is 0. The molecule has 3 N–H and O–H groups in total. The fourth-order valence-corrected chi connectivity index (χ4v) is 2.04. The zero-order valence-corrected chi connectivity index (χ0v) is 11.4. The molecule has 3 rings (SSSR count). The first-order chi connectivity index (χ1) is 10.0. The Hall–Kier alpha value is -2.47. The number of hydrogen-bond donors (Lipinski definition) is 2. The summed E-state index contributed by atoms with van der Waals surface area (Å²) in [6.45, 7) is 0.0856. The second-order valence-electron chi connectivity index (χ2n) is 4.38. The maximum absolute atomic E-state index is 13.3. The summed E-state index contributed by atoms with van der Waals surface area (Å²) in [5.74, 6) is -0.168. The van der Waals surface area contributed by atoms with Crippen LogP contribution in [0.15, 0.2) is 30.3 Å². The fraction of sp³-hybridized carbons (Fsp3) is 0.0714. The Morgan fingerprint density at radius 3 is 2.67 bits per heavy atom. The number of carbonyl (C=O) groups is 1. The lowest BCUT2D eigenvalue weighted by Gasteiger charge is -2.09. The summed E-state index contributed by atoms with van der Waals surface area (Å²) < 4.78 is 23.7. The van der Waals surface area contributed by atoms with Gasteiger partial charge in [-0.2, -0.15) is 0 Å². The topological polar surface area (TPSA) is 73.6 Å². The van der Waals surface area contributed by atoms with Crippen molar-refractivity contribution in [2.45, 2.75) is 0 Å². The zero-order valence-electron chi connectivity index (χ0n) is 10.7. The molecule has 0 aliphatic carbocycles. The number of nitrogen functional groups attached to an aromatic ring is 1. The van der Waals surface area contributed by atoms with Gasteiger partial charge in [0.05, 0.1) is 10.6 Å². The molecule has 0 saturated carbocycles. The van der Waals surface area contributed by atoms with Crippen molar-refractivity contribution < 1.29 is 18.7 Å². The van der Waals surface area contributed by atoms with E-state index in [4.69, 9.17) is 26.8 Å². The summed E-state index contributed by atoms with van der Waals surface area (Å²) in [7, 11) is 0. The molecule has 1 amide bonds. The van der Waals surface area contributed by atoms with Gasteiger partial charge in [-0.15, -0.1) is 0 Å². The first kappa shape index (κ1) is 13.5. The maximum Gasteiger partial charge on any atom is 0.257 e. The molecule has 0 saturated heterocycles. The second-order valence-corrected chi connectivity index (χ2v) is 4.78. The van der Waals surface area contributed by atoms with Crippen LogP contribution in [0.25, 0.3) is 0 Å². The number of anilines is 2. The van der Waals surface area contributed by atoms with E-state index in [1.807, 2.05) is 0 Å². The molecule has 0 bridgehead atoms. The molecule has 0 radical (unpaired) electrons. The number of nitrogens with two attached hydrogens (primary N) is 1.